The quantitative estimate of drug-likeness (QED) is 0.811. The molecule has 0 atom stereocenters. The van der Waals surface area contributed by atoms with Gasteiger partial charge in [-0.15, -0.1) is 0 Å². The Bertz CT molecular complexity index is 484. The summed E-state index contributed by atoms with van der Waals surface area (Å²) in [7, 11) is -3.31. The van der Waals surface area contributed by atoms with E-state index in [1.807, 2.05) is 0 Å². The lowest BCUT2D eigenvalue weighted by atomic mass is 10.2. The van der Waals surface area contributed by atoms with Gasteiger partial charge in [0.2, 0.25) is 0 Å². The van der Waals surface area contributed by atoms with Crippen molar-refractivity contribution in [3.63, 3.8) is 0 Å². The largest absolute Gasteiger partial charge is 0.449 e. The summed E-state index contributed by atoms with van der Waals surface area (Å²) in [4.78, 5) is 14.0. The van der Waals surface area contributed by atoms with Crippen molar-refractivity contribution in [1.82, 2.24) is 4.98 Å². The summed E-state index contributed by atoms with van der Waals surface area (Å²) in [5.74, 6) is 0. The molecule has 0 bridgehead atoms. The van der Waals surface area contributed by atoms with Crippen LogP contribution >= 0.6 is 0 Å². The number of carbonyl (C=O) groups is 1. The smallest absolute Gasteiger partial charge is 0.404 e. The number of sulfone groups is 1. The highest BCUT2D eigenvalue weighted by atomic mass is 32.2. The summed E-state index contributed by atoms with van der Waals surface area (Å²) in [6.45, 7) is 0.114. The van der Waals surface area contributed by atoms with E-state index in [0.29, 0.717) is 6.42 Å². The van der Waals surface area contributed by atoms with Crippen molar-refractivity contribution < 1.29 is 17.9 Å². The fraction of sp³-hybridized carbons (Fsp3) is 0.333. The minimum absolute atomic E-state index is 0.00377. The summed E-state index contributed by atoms with van der Waals surface area (Å²) in [5.41, 5.74) is 5.51. The van der Waals surface area contributed by atoms with Gasteiger partial charge in [0.25, 0.3) is 0 Å². The highest BCUT2D eigenvalue weighted by Gasteiger charge is 2.09. The zero-order valence-electron chi connectivity index (χ0n) is 8.71. The monoisotopic (exact) mass is 244 g/mol. The first kappa shape index (κ1) is 12.4. The molecule has 0 aliphatic heterocycles. The number of pyridine rings is 1. The van der Waals surface area contributed by atoms with E-state index in [1.54, 1.807) is 6.07 Å². The lowest BCUT2D eigenvalue weighted by molar-refractivity contribution is 0.158. The van der Waals surface area contributed by atoms with E-state index in [-0.39, 0.29) is 11.6 Å². The van der Waals surface area contributed by atoms with Crippen molar-refractivity contribution in [3.05, 3.63) is 23.9 Å². The lowest BCUT2D eigenvalue weighted by Gasteiger charge is -2.03. The highest BCUT2D eigenvalue weighted by Crippen LogP contribution is 2.08. The number of aromatic nitrogens is 1. The highest BCUT2D eigenvalue weighted by molar-refractivity contribution is 7.90. The van der Waals surface area contributed by atoms with Gasteiger partial charge in [-0.05, 0) is 17.7 Å². The molecule has 0 saturated carbocycles. The van der Waals surface area contributed by atoms with Crippen LogP contribution < -0.4 is 5.73 Å². The maximum absolute atomic E-state index is 11.2. The number of nitrogens with zero attached hydrogens (tertiary/aromatic N) is 1. The normalized spacial score (nSPS) is 11.1. The Kier molecular flexibility index (Phi) is 3.83. The number of nitrogens with two attached hydrogens (primary N) is 1. The molecule has 7 heteroatoms. The predicted octanol–water partition coefficient (Wildman–Crippen LogP) is 0.123. The summed E-state index contributed by atoms with van der Waals surface area (Å²) >= 11 is 0. The molecule has 0 fully saturated rings. The zero-order chi connectivity index (χ0) is 12.2. The lowest BCUT2D eigenvalue weighted by Crippen LogP contribution is -2.14. The van der Waals surface area contributed by atoms with E-state index in [0.717, 1.165) is 11.8 Å². The van der Waals surface area contributed by atoms with E-state index >= 15 is 0 Å². The molecule has 1 amide bonds. The summed E-state index contributed by atoms with van der Waals surface area (Å²) in [6, 6.07) is 3.10. The van der Waals surface area contributed by atoms with Gasteiger partial charge in [-0.25, -0.2) is 18.2 Å². The third-order valence-corrected chi connectivity index (χ3v) is 2.80. The summed E-state index contributed by atoms with van der Waals surface area (Å²) in [6.07, 6.45) is 2.03. The molecule has 88 valence electrons. The molecule has 1 heterocycles. The van der Waals surface area contributed by atoms with Gasteiger partial charge in [-0.3, -0.25) is 0 Å². The Balaban J connectivity index is 2.72. The number of primary amides is 1. The second-order valence-electron chi connectivity index (χ2n) is 3.19. The topological polar surface area (TPSA) is 99.4 Å². The number of carbonyl (C=O) groups excluding carboxylic acids is 1. The minimum Gasteiger partial charge on any atom is -0.449 e. The van der Waals surface area contributed by atoms with E-state index in [4.69, 9.17) is 5.73 Å². The van der Waals surface area contributed by atoms with Crippen LogP contribution in [-0.2, 0) is 21.0 Å². The van der Waals surface area contributed by atoms with Crippen LogP contribution in [0.5, 0.6) is 0 Å². The van der Waals surface area contributed by atoms with Gasteiger partial charge in [-0.1, -0.05) is 0 Å². The van der Waals surface area contributed by atoms with E-state index in [9.17, 15) is 13.2 Å². The van der Waals surface area contributed by atoms with Gasteiger partial charge in [0.15, 0.2) is 14.9 Å². The Morgan fingerprint density at radius 3 is 2.81 bits per heavy atom. The number of hydrogen-bond acceptors (Lipinski definition) is 5. The molecule has 0 aliphatic carbocycles. The number of amides is 1. The Labute approximate surface area is 93.4 Å². The van der Waals surface area contributed by atoms with Crippen LogP contribution in [0, 0.1) is 0 Å². The molecule has 0 saturated heterocycles. The van der Waals surface area contributed by atoms with Gasteiger partial charge >= 0.3 is 6.09 Å². The molecule has 6 nitrogen and oxygen atoms in total. The van der Waals surface area contributed by atoms with Gasteiger partial charge in [-0.2, -0.15) is 0 Å². The second kappa shape index (κ2) is 4.93. The second-order valence-corrected chi connectivity index (χ2v) is 5.15. The average Bonchev–Trinajstić information content (AvgIpc) is 2.16. The number of hydrogen-bond donors (Lipinski definition) is 1. The number of rotatable bonds is 4. The van der Waals surface area contributed by atoms with E-state index in [2.05, 4.69) is 9.72 Å². The van der Waals surface area contributed by atoms with Crippen LogP contribution in [0.15, 0.2) is 23.4 Å². The summed E-state index contributed by atoms with van der Waals surface area (Å²) in [5, 5.41) is 0.00377. The van der Waals surface area contributed by atoms with Crippen molar-refractivity contribution in [1.29, 1.82) is 0 Å². The van der Waals surface area contributed by atoms with Crippen LogP contribution in [0.4, 0.5) is 4.79 Å². The van der Waals surface area contributed by atoms with Gasteiger partial charge in [0.05, 0.1) is 6.61 Å². The van der Waals surface area contributed by atoms with Crippen molar-refractivity contribution in [3.8, 4) is 0 Å². The molecule has 1 aromatic rings. The van der Waals surface area contributed by atoms with Crippen molar-refractivity contribution in [2.24, 2.45) is 5.73 Å². The zero-order valence-corrected chi connectivity index (χ0v) is 9.53. The van der Waals surface area contributed by atoms with Crippen molar-refractivity contribution >= 4 is 15.9 Å². The Hall–Kier alpha value is -1.63. The van der Waals surface area contributed by atoms with Crippen LogP contribution in [0.3, 0.4) is 0 Å². The van der Waals surface area contributed by atoms with Crippen LogP contribution in [0.2, 0.25) is 0 Å². The van der Waals surface area contributed by atoms with Crippen LogP contribution in [0.1, 0.15) is 5.56 Å². The first-order valence-electron chi connectivity index (χ1n) is 4.47. The molecular weight excluding hydrogens is 232 g/mol. The van der Waals surface area contributed by atoms with E-state index in [1.165, 1.54) is 12.3 Å². The standard InChI is InChI=1S/C9H12N2O4S/c1-16(13,14)8-6-7(2-4-11-8)3-5-15-9(10)12/h2,4,6H,3,5H2,1H3,(H2,10,12). The molecule has 1 rings (SSSR count). The first-order chi connectivity index (χ1) is 7.39. The molecule has 0 radical (unpaired) electrons. The average molecular weight is 244 g/mol. The first-order valence-corrected chi connectivity index (χ1v) is 6.36. The fourth-order valence-electron chi connectivity index (χ4n) is 1.08. The van der Waals surface area contributed by atoms with Gasteiger partial charge in [0.1, 0.15) is 0 Å². The van der Waals surface area contributed by atoms with Crippen LogP contribution in [-0.4, -0.2) is 32.4 Å². The SMILES string of the molecule is CS(=O)(=O)c1cc(CCOC(N)=O)ccn1. The number of ether oxygens (including phenoxy) is 1. The maximum Gasteiger partial charge on any atom is 0.404 e. The molecular formula is C9H12N2O4S. The molecule has 0 aromatic carbocycles. The maximum atomic E-state index is 11.2. The third-order valence-electron chi connectivity index (χ3n) is 1.81. The molecule has 0 unspecified atom stereocenters. The molecule has 1 aromatic heterocycles. The van der Waals surface area contributed by atoms with Crippen molar-refractivity contribution in [2.75, 3.05) is 12.9 Å². The van der Waals surface area contributed by atoms with Gasteiger partial charge < -0.3 is 10.5 Å². The van der Waals surface area contributed by atoms with Crippen LogP contribution in [0.25, 0.3) is 0 Å². The third kappa shape index (κ3) is 3.85. The van der Waals surface area contributed by atoms with E-state index < -0.39 is 15.9 Å². The van der Waals surface area contributed by atoms with Crippen molar-refractivity contribution in [2.45, 2.75) is 11.4 Å². The molecule has 0 aliphatic rings. The Morgan fingerprint density at radius 1 is 1.56 bits per heavy atom. The molecule has 0 spiro atoms. The Morgan fingerprint density at radius 2 is 2.25 bits per heavy atom. The minimum atomic E-state index is -3.31. The summed E-state index contributed by atoms with van der Waals surface area (Å²) < 4.78 is 26.9. The molecule has 16 heavy (non-hydrogen) atoms. The van der Waals surface area contributed by atoms with Gasteiger partial charge in [0, 0.05) is 18.9 Å². The predicted molar refractivity (Wildman–Crippen MR) is 56.6 cm³/mol. The molecule has 2 N–H and O–H groups in total. The fourth-order valence-corrected chi connectivity index (χ4v) is 1.70.